The number of hydrogen-bond acceptors (Lipinski definition) is 5. The van der Waals surface area contributed by atoms with Gasteiger partial charge in [0.05, 0.1) is 23.1 Å². The standard InChI is InChI=1S/C14H18N4O2/c1-17(2)13-5-4-11(6-12(13)15)14(19)20-9-10-7-16-18(3)8-10/h4-8H,9,15H2,1-3H3. The van der Waals surface area contributed by atoms with Gasteiger partial charge in [0.25, 0.3) is 0 Å². The van der Waals surface area contributed by atoms with Crippen molar-refractivity contribution in [1.82, 2.24) is 9.78 Å². The molecule has 0 fully saturated rings. The second kappa shape index (κ2) is 5.64. The van der Waals surface area contributed by atoms with Gasteiger partial charge in [-0.15, -0.1) is 0 Å². The Balaban J connectivity index is 2.04. The molecule has 0 aliphatic heterocycles. The quantitative estimate of drug-likeness (QED) is 0.674. The van der Waals surface area contributed by atoms with Crippen molar-refractivity contribution in [2.24, 2.45) is 7.05 Å². The number of ether oxygens (including phenoxy) is 1. The first-order valence-corrected chi connectivity index (χ1v) is 6.19. The monoisotopic (exact) mass is 274 g/mol. The summed E-state index contributed by atoms with van der Waals surface area (Å²) in [6.07, 6.45) is 3.47. The van der Waals surface area contributed by atoms with E-state index >= 15 is 0 Å². The lowest BCUT2D eigenvalue weighted by molar-refractivity contribution is 0.0472. The van der Waals surface area contributed by atoms with E-state index in [4.69, 9.17) is 10.5 Å². The first-order valence-electron chi connectivity index (χ1n) is 6.19. The fraction of sp³-hybridized carbons (Fsp3) is 0.286. The van der Waals surface area contributed by atoms with E-state index in [0.717, 1.165) is 11.3 Å². The number of carbonyl (C=O) groups excluding carboxylic acids is 1. The molecule has 0 aliphatic rings. The van der Waals surface area contributed by atoms with Crippen molar-refractivity contribution in [2.75, 3.05) is 24.7 Å². The first kappa shape index (κ1) is 13.9. The zero-order chi connectivity index (χ0) is 14.7. The number of nitrogens with zero attached hydrogens (tertiary/aromatic N) is 3. The molecule has 6 nitrogen and oxygen atoms in total. The highest BCUT2D eigenvalue weighted by Gasteiger charge is 2.11. The van der Waals surface area contributed by atoms with Gasteiger partial charge in [0.15, 0.2) is 0 Å². The van der Waals surface area contributed by atoms with E-state index < -0.39 is 5.97 Å². The Hall–Kier alpha value is -2.50. The van der Waals surface area contributed by atoms with Gasteiger partial charge in [-0.3, -0.25) is 4.68 Å². The van der Waals surface area contributed by atoms with Gasteiger partial charge in [-0.2, -0.15) is 5.10 Å². The van der Waals surface area contributed by atoms with Crippen molar-refractivity contribution in [1.29, 1.82) is 0 Å². The maximum atomic E-state index is 11.9. The normalized spacial score (nSPS) is 10.3. The minimum atomic E-state index is -0.397. The number of nitrogens with two attached hydrogens (primary N) is 1. The summed E-state index contributed by atoms with van der Waals surface area (Å²) in [4.78, 5) is 13.8. The molecule has 0 aliphatic carbocycles. The summed E-state index contributed by atoms with van der Waals surface area (Å²) in [5, 5.41) is 4.01. The van der Waals surface area contributed by atoms with E-state index in [2.05, 4.69) is 5.10 Å². The molecule has 0 saturated heterocycles. The number of hydrogen-bond donors (Lipinski definition) is 1. The molecule has 0 unspecified atom stereocenters. The maximum absolute atomic E-state index is 11.9. The van der Waals surface area contributed by atoms with Crippen LogP contribution in [0.15, 0.2) is 30.6 Å². The van der Waals surface area contributed by atoms with Crippen LogP contribution in [0.5, 0.6) is 0 Å². The molecule has 1 aromatic heterocycles. The molecular weight excluding hydrogens is 256 g/mol. The summed E-state index contributed by atoms with van der Waals surface area (Å²) in [6.45, 7) is 0.196. The maximum Gasteiger partial charge on any atom is 0.338 e. The van der Waals surface area contributed by atoms with Gasteiger partial charge >= 0.3 is 5.97 Å². The predicted octanol–water partition coefficient (Wildman–Crippen LogP) is 1.43. The minimum Gasteiger partial charge on any atom is -0.457 e. The molecule has 0 radical (unpaired) electrons. The molecule has 106 valence electrons. The Bertz CT molecular complexity index is 619. The van der Waals surface area contributed by atoms with Crippen molar-refractivity contribution in [3.63, 3.8) is 0 Å². The minimum absolute atomic E-state index is 0.196. The fourth-order valence-corrected chi connectivity index (χ4v) is 1.87. The number of aryl methyl sites for hydroxylation is 1. The third-order valence-electron chi connectivity index (χ3n) is 2.87. The molecule has 1 aromatic carbocycles. The van der Waals surface area contributed by atoms with Crippen LogP contribution < -0.4 is 10.6 Å². The van der Waals surface area contributed by atoms with Crippen LogP contribution in [0, 0.1) is 0 Å². The Kier molecular flexibility index (Phi) is 3.93. The second-order valence-corrected chi connectivity index (χ2v) is 4.77. The molecule has 0 bridgehead atoms. The van der Waals surface area contributed by atoms with Gasteiger partial charge in [0.1, 0.15) is 6.61 Å². The molecule has 0 atom stereocenters. The van der Waals surface area contributed by atoms with Crippen molar-refractivity contribution in [2.45, 2.75) is 6.61 Å². The Morgan fingerprint density at radius 1 is 1.45 bits per heavy atom. The summed E-state index contributed by atoms with van der Waals surface area (Å²) >= 11 is 0. The van der Waals surface area contributed by atoms with Gasteiger partial charge in [0.2, 0.25) is 0 Å². The van der Waals surface area contributed by atoms with E-state index in [1.54, 1.807) is 35.3 Å². The number of esters is 1. The molecule has 6 heteroatoms. The lowest BCUT2D eigenvalue weighted by Crippen LogP contribution is -2.12. The van der Waals surface area contributed by atoms with Crippen LogP contribution in [-0.2, 0) is 18.4 Å². The molecule has 20 heavy (non-hydrogen) atoms. The summed E-state index contributed by atoms with van der Waals surface area (Å²) in [5.74, 6) is -0.397. The van der Waals surface area contributed by atoms with Crippen molar-refractivity contribution in [3.8, 4) is 0 Å². The summed E-state index contributed by atoms with van der Waals surface area (Å²) < 4.78 is 6.88. The third-order valence-corrected chi connectivity index (χ3v) is 2.87. The second-order valence-electron chi connectivity index (χ2n) is 4.77. The van der Waals surface area contributed by atoms with Crippen LogP contribution in [0.25, 0.3) is 0 Å². The molecule has 1 heterocycles. The summed E-state index contributed by atoms with van der Waals surface area (Å²) in [7, 11) is 5.60. The van der Waals surface area contributed by atoms with Crippen molar-refractivity contribution in [3.05, 3.63) is 41.7 Å². The van der Waals surface area contributed by atoms with Crippen molar-refractivity contribution < 1.29 is 9.53 Å². The van der Waals surface area contributed by atoms with Gasteiger partial charge < -0.3 is 15.4 Å². The third kappa shape index (κ3) is 3.09. The van der Waals surface area contributed by atoms with Crippen LogP contribution >= 0.6 is 0 Å². The Labute approximate surface area is 117 Å². The first-order chi connectivity index (χ1) is 9.47. The van der Waals surface area contributed by atoms with E-state index in [9.17, 15) is 4.79 Å². The molecule has 0 saturated carbocycles. The molecule has 2 N–H and O–H groups in total. The average molecular weight is 274 g/mol. The molecule has 2 rings (SSSR count). The van der Waals surface area contributed by atoms with E-state index in [1.807, 2.05) is 26.0 Å². The molecule has 2 aromatic rings. The van der Waals surface area contributed by atoms with Gasteiger partial charge in [-0.25, -0.2) is 4.79 Å². The smallest absolute Gasteiger partial charge is 0.338 e. The number of rotatable bonds is 4. The Morgan fingerprint density at radius 2 is 2.20 bits per heavy atom. The SMILES string of the molecule is CN(C)c1ccc(C(=O)OCc2cnn(C)c2)cc1N. The van der Waals surface area contributed by atoms with Crippen LogP contribution in [0.2, 0.25) is 0 Å². The predicted molar refractivity (Wildman–Crippen MR) is 77.5 cm³/mol. The van der Waals surface area contributed by atoms with Gasteiger partial charge in [-0.05, 0) is 18.2 Å². The zero-order valence-corrected chi connectivity index (χ0v) is 11.8. The van der Waals surface area contributed by atoms with E-state index in [0.29, 0.717) is 11.3 Å². The van der Waals surface area contributed by atoms with Crippen molar-refractivity contribution >= 4 is 17.3 Å². The highest BCUT2D eigenvalue weighted by atomic mass is 16.5. The lowest BCUT2D eigenvalue weighted by Gasteiger charge is -2.15. The highest BCUT2D eigenvalue weighted by Crippen LogP contribution is 2.22. The number of aromatic nitrogens is 2. The summed E-state index contributed by atoms with van der Waals surface area (Å²) in [5.41, 5.74) is 8.61. The average Bonchev–Trinajstić information content (AvgIpc) is 2.81. The topological polar surface area (TPSA) is 73.4 Å². The molecular formula is C14H18N4O2. The Morgan fingerprint density at radius 3 is 2.75 bits per heavy atom. The van der Waals surface area contributed by atoms with Crippen LogP contribution in [0.3, 0.4) is 0 Å². The van der Waals surface area contributed by atoms with E-state index in [1.165, 1.54) is 0 Å². The molecule has 0 amide bonds. The van der Waals surface area contributed by atoms with Crippen LogP contribution in [0.4, 0.5) is 11.4 Å². The molecule has 0 spiro atoms. The lowest BCUT2D eigenvalue weighted by atomic mass is 10.1. The fourth-order valence-electron chi connectivity index (χ4n) is 1.87. The summed E-state index contributed by atoms with van der Waals surface area (Å²) in [6, 6.07) is 5.13. The van der Waals surface area contributed by atoms with Crippen LogP contribution in [0.1, 0.15) is 15.9 Å². The van der Waals surface area contributed by atoms with E-state index in [-0.39, 0.29) is 6.61 Å². The van der Waals surface area contributed by atoms with Crippen LogP contribution in [-0.4, -0.2) is 29.8 Å². The zero-order valence-electron chi connectivity index (χ0n) is 11.8. The largest absolute Gasteiger partial charge is 0.457 e. The van der Waals surface area contributed by atoms with Gasteiger partial charge in [-0.1, -0.05) is 0 Å². The number of nitrogen functional groups attached to an aromatic ring is 1. The number of anilines is 2. The highest BCUT2D eigenvalue weighted by molar-refractivity contribution is 5.92. The van der Waals surface area contributed by atoms with Gasteiger partial charge in [0, 0.05) is 32.9 Å². The number of carbonyl (C=O) groups is 1. The number of benzene rings is 1.